The number of carboxylic acid groups (broad SMARTS) is 1. The molecule has 0 saturated carbocycles. The number of carbonyl (C=O) groups excluding carboxylic acids is 2. The standard InChI is InChI=1S/C13H16N2O5S/c1-8(14-11(16)10-3-2-6-21-10)12(17)15-4-5-20-7-9(15)13(18)19/h2-3,6,8-9H,4-5,7H2,1H3,(H,14,16)(H,18,19). The smallest absolute Gasteiger partial charge is 0.328 e. The second kappa shape index (κ2) is 6.68. The Labute approximate surface area is 125 Å². The van der Waals surface area contributed by atoms with Crippen molar-refractivity contribution in [2.45, 2.75) is 19.0 Å². The Morgan fingerprint density at radius 1 is 1.52 bits per heavy atom. The highest BCUT2D eigenvalue weighted by Crippen LogP contribution is 2.11. The van der Waals surface area contributed by atoms with Gasteiger partial charge in [-0.25, -0.2) is 4.79 Å². The number of morpholine rings is 1. The zero-order valence-corrected chi connectivity index (χ0v) is 12.3. The predicted octanol–water partition coefficient (Wildman–Crippen LogP) is 0.178. The number of rotatable bonds is 4. The summed E-state index contributed by atoms with van der Waals surface area (Å²) in [4.78, 5) is 37.1. The molecule has 2 rings (SSSR count). The summed E-state index contributed by atoms with van der Waals surface area (Å²) in [6.07, 6.45) is 0. The average Bonchev–Trinajstić information content (AvgIpc) is 3.00. The Hall–Kier alpha value is -1.93. The summed E-state index contributed by atoms with van der Waals surface area (Å²) in [7, 11) is 0. The number of aliphatic carboxylic acids is 1. The fraction of sp³-hybridized carbons (Fsp3) is 0.462. The fourth-order valence-electron chi connectivity index (χ4n) is 2.06. The molecule has 1 aromatic rings. The third kappa shape index (κ3) is 3.59. The highest BCUT2D eigenvalue weighted by Gasteiger charge is 2.35. The molecule has 2 N–H and O–H groups in total. The molecule has 2 unspecified atom stereocenters. The zero-order chi connectivity index (χ0) is 15.4. The highest BCUT2D eigenvalue weighted by molar-refractivity contribution is 7.12. The molecule has 1 aromatic heterocycles. The molecule has 0 radical (unpaired) electrons. The van der Waals surface area contributed by atoms with E-state index >= 15 is 0 Å². The van der Waals surface area contributed by atoms with Gasteiger partial charge in [0.15, 0.2) is 6.04 Å². The monoisotopic (exact) mass is 312 g/mol. The average molecular weight is 312 g/mol. The zero-order valence-electron chi connectivity index (χ0n) is 11.4. The van der Waals surface area contributed by atoms with Gasteiger partial charge in [-0.05, 0) is 18.4 Å². The second-order valence-corrected chi connectivity index (χ2v) is 5.58. The topological polar surface area (TPSA) is 95.9 Å². The molecule has 8 heteroatoms. The van der Waals surface area contributed by atoms with Crippen molar-refractivity contribution in [2.75, 3.05) is 19.8 Å². The second-order valence-electron chi connectivity index (χ2n) is 4.63. The van der Waals surface area contributed by atoms with Gasteiger partial charge in [0.1, 0.15) is 6.04 Å². The summed E-state index contributed by atoms with van der Waals surface area (Å²) in [6.45, 7) is 2.00. The van der Waals surface area contributed by atoms with Gasteiger partial charge in [0.05, 0.1) is 18.1 Å². The van der Waals surface area contributed by atoms with E-state index in [0.717, 1.165) is 0 Å². The minimum Gasteiger partial charge on any atom is -0.480 e. The maximum Gasteiger partial charge on any atom is 0.328 e. The molecule has 2 atom stereocenters. The molecule has 1 aliphatic heterocycles. The molecule has 0 spiro atoms. The Morgan fingerprint density at radius 3 is 2.90 bits per heavy atom. The number of carbonyl (C=O) groups is 3. The summed E-state index contributed by atoms with van der Waals surface area (Å²) >= 11 is 1.27. The number of amides is 2. The first-order valence-corrected chi connectivity index (χ1v) is 7.34. The van der Waals surface area contributed by atoms with Gasteiger partial charge in [-0.15, -0.1) is 11.3 Å². The normalized spacial score (nSPS) is 19.9. The molecule has 2 heterocycles. The summed E-state index contributed by atoms with van der Waals surface area (Å²) in [5.74, 6) is -1.87. The summed E-state index contributed by atoms with van der Waals surface area (Å²) < 4.78 is 5.08. The van der Waals surface area contributed by atoms with Gasteiger partial charge >= 0.3 is 5.97 Å². The maximum atomic E-state index is 12.3. The van der Waals surface area contributed by atoms with Crippen molar-refractivity contribution in [1.29, 1.82) is 0 Å². The maximum absolute atomic E-state index is 12.3. The molecule has 0 aromatic carbocycles. The number of ether oxygens (including phenoxy) is 1. The van der Waals surface area contributed by atoms with E-state index in [9.17, 15) is 14.4 Å². The molecule has 0 bridgehead atoms. The van der Waals surface area contributed by atoms with Crippen molar-refractivity contribution >= 4 is 29.1 Å². The summed E-state index contributed by atoms with van der Waals surface area (Å²) in [5, 5.41) is 13.5. The molecule has 1 saturated heterocycles. The molecule has 0 aliphatic carbocycles. The molecule has 2 amide bonds. The third-order valence-electron chi connectivity index (χ3n) is 3.16. The third-order valence-corrected chi connectivity index (χ3v) is 4.03. The largest absolute Gasteiger partial charge is 0.480 e. The van der Waals surface area contributed by atoms with Crippen LogP contribution in [0.4, 0.5) is 0 Å². The van der Waals surface area contributed by atoms with Crippen molar-refractivity contribution < 1.29 is 24.2 Å². The van der Waals surface area contributed by atoms with Crippen molar-refractivity contribution in [2.24, 2.45) is 0 Å². The Morgan fingerprint density at radius 2 is 2.29 bits per heavy atom. The number of hydrogen-bond acceptors (Lipinski definition) is 5. The van der Waals surface area contributed by atoms with Crippen LogP contribution in [0.3, 0.4) is 0 Å². The lowest BCUT2D eigenvalue weighted by atomic mass is 10.2. The van der Waals surface area contributed by atoms with Crippen LogP contribution in [-0.4, -0.2) is 59.6 Å². The van der Waals surface area contributed by atoms with Crippen LogP contribution >= 0.6 is 11.3 Å². The Kier molecular flexibility index (Phi) is 4.92. The summed E-state index contributed by atoms with van der Waals surface area (Å²) in [6, 6.07) is 1.60. The van der Waals surface area contributed by atoms with Crippen LogP contribution in [0.5, 0.6) is 0 Å². The van der Waals surface area contributed by atoms with Crippen LogP contribution in [0.2, 0.25) is 0 Å². The van der Waals surface area contributed by atoms with Crippen LogP contribution in [0.25, 0.3) is 0 Å². The molecule has 21 heavy (non-hydrogen) atoms. The molecular weight excluding hydrogens is 296 g/mol. The lowest BCUT2D eigenvalue weighted by Crippen LogP contribution is -2.57. The van der Waals surface area contributed by atoms with E-state index in [0.29, 0.717) is 11.5 Å². The predicted molar refractivity (Wildman–Crippen MR) is 75.2 cm³/mol. The lowest BCUT2D eigenvalue weighted by molar-refractivity contribution is -0.158. The van der Waals surface area contributed by atoms with Gasteiger partial charge in [-0.1, -0.05) is 6.07 Å². The first-order chi connectivity index (χ1) is 10.0. The number of thiophene rings is 1. The van der Waals surface area contributed by atoms with Crippen molar-refractivity contribution in [3.63, 3.8) is 0 Å². The first-order valence-electron chi connectivity index (χ1n) is 6.46. The Bertz CT molecular complexity index is 531. The van der Waals surface area contributed by atoms with E-state index < -0.39 is 24.0 Å². The van der Waals surface area contributed by atoms with E-state index in [1.165, 1.54) is 16.2 Å². The lowest BCUT2D eigenvalue weighted by Gasteiger charge is -2.34. The minimum absolute atomic E-state index is 0.0351. The molecular formula is C13H16N2O5S. The Balaban J connectivity index is 2.00. The van der Waals surface area contributed by atoms with E-state index in [1.54, 1.807) is 24.4 Å². The molecule has 114 valence electrons. The van der Waals surface area contributed by atoms with Gasteiger partial charge < -0.3 is 20.1 Å². The van der Waals surface area contributed by atoms with E-state index in [4.69, 9.17) is 9.84 Å². The summed E-state index contributed by atoms with van der Waals surface area (Å²) in [5.41, 5.74) is 0. The van der Waals surface area contributed by atoms with E-state index in [-0.39, 0.29) is 19.1 Å². The van der Waals surface area contributed by atoms with Gasteiger partial charge in [0.2, 0.25) is 5.91 Å². The van der Waals surface area contributed by atoms with Crippen molar-refractivity contribution in [1.82, 2.24) is 10.2 Å². The van der Waals surface area contributed by atoms with Gasteiger partial charge in [0.25, 0.3) is 5.91 Å². The first kappa shape index (κ1) is 15.5. The highest BCUT2D eigenvalue weighted by atomic mass is 32.1. The minimum atomic E-state index is -1.11. The fourth-order valence-corrected chi connectivity index (χ4v) is 2.68. The van der Waals surface area contributed by atoms with Crippen LogP contribution in [0, 0.1) is 0 Å². The van der Waals surface area contributed by atoms with Crippen LogP contribution in [0.15, 0.2) is 17.5 Å². The van der Waals surface area contributed by atoms with E-state index in [2.05, 4.69) is 5.32 Å². The van der Waals surface area contributed by atoms with Crippen molar-refractivity contribution in [3.05, 3.63) is 22.4 Å². The number of nitrogens with zero attached hydrogens (tertiary/aromatic N) is 1. The van der Waals surface area contributed by atoms with Gasteiger partial charge in [-0.3, -0.25) is 9.59 Å². The SMILES string of the molecule is CC(NC(=O)c1cccs1)C(=O)N1CCOCC1C(=O)O. The number of nitrogens with one attached hydrogen (secondary N) is 1. The van der Waals surface area contributed by atoms with Crippen molar-refractivity contribution in [3.8, 4) is 0 Å². The van der Waals surface area contributed by atoms with Gasteiger partial charge in [-0.2, -0.15) is 0 Å². The number of carboxylic acids is 1. The van der Waals surface area contributed by atoms with E-state index in [1.807, 2.05) is 0 Å². The van der Waals surface area contributed by atoms with Gasteiger partial charge in [0, 0.05) is 6.54 Å². The van der Waals surface area contributed by atoms with Crippen LogP contribution in [0.1, 0.15) is 16.6 Å². The van der Waals surface area contributed by atoms with Crippen LogP contribution < -0.4 is 5.32 Å². The molecule has 1 aliphatic rings. The number of hydrogen-bond donors (Lipinski definition) is 2. The van der Waals surface area contributed by atoms with Crippen LogP contribution in [-0.2, 0) is 14.3 Å². The quantitative estimate of drug-likeness (QED) is 0.827. The molecule has 7 nitrogen and oxygen atoms in total. The molecule has 1 fully saturated rings.